The third-order valence-corrected chi connectivity index (χ3v) is 5.95. The van der Waals surface area contributed by atoms with Gasteiger partial charge in [0, 0.05) is 24.2 Å². The van der Waals surface area contributed by atoms with E-state index in [1.165, 1.54) is 31.5 Å². The fourth-order valence-electron chi connectivity index (χ4n) is 3.99. The number of nitrogens with one attached hydrogen (secondary N) is 2. The number of H-pyrrole nitrogens is 1. The number of aromatic amines is 1. The van der Waals surface area contributed by atoms with Crippen molar-refractivity contribution in [2.45, 2.75) is 39.7 Å². The number of anilines is 2. The van der Waals surface area contributed by atoms with E-state index in [1.54, 1.807) is 0 Å². The van der Waals surface area contributed by atoms with Crippen LogP contribution in [0.25, 0.3) is 0 Å². The van der Waals surface area contributed by atoms with Crippen LogP contribution in [0.5, 0.6) is 0 Å². The number of hydrogen-bond acceptors (Lipinski definition) is 4. The molecule has 1 aliphatic rings. The normalized spacial score (nSPS) is 15.3. The standard InChI is InChI=1S/C25H30N4O/c1-18-12-14-29(15-13-18)17-21-8-10-22(11-9-21)27-25-26-19(2)23(24(30)28-25)16-20-6-4-3-5-7-20/h3-11,18H,12-17H2,1-2H3,(H2,26,27,28,30). The first kappa shape index (κ1) is 20.4. The number of nitrogens with zero attached hydrogens (tertiary/aromatic N) is 2. The minimum absolute atomic E-state index is 0.0928. The summed E-state index contributed by atoms with van der Waals surface area (Å²) in [5, 5.41) is 3.23. The Morgan fingerprint density at radius 3 is 2.40 bits per heavy atom. The van der Waals surface area contributed by atoms with E-state index in [-0.39, 0.29) is 5.56 Å². The van der Waals surface area contributed by atoms with Gasteiger partial charge in [-0.25, -0.2) is 4.98 Å². The monoisotopic (exact) mass is 402 g/mol. The molecular formula is C25H30N4O. The molecule has 156 valence electrons. The van der Waals surface area contributed by atoms with Gasteiger partial charge in [-0.05, 0) is 62.0 Å². The van der Waals surface area contributed by atoms with E-state index in [0.717, 1.165) is 29.4 Å². The van der Waals surface area contributed by atoms with Crippen molar-refractivity contribution in [2.24, 2.45) is 5.92 Å². The second kappa shape index (κ2) is 9.26. The molecule has 0 amide bonds. The minimum atomic E-state index is -0.0928. The molecule has 4 rings (SSSR count). The number of aryl methyl sites for hydroxylation is 1. The van der Waals surface area contributed by atoms with E-state index in [0.29, 0.717) is 17.9 Å². The number of aromatic nitrogens is 2. The molecule has 3 aromatic rings. The summed E-state index contributed by atoms with van der Waals surface area (Å²) >= 11 is 0. The minimum Gasteiger partial charge on any atom is -0.326 e. The number of benzene rings is 2. The Kier molecular flexibility index (Phi) is 6.29. The Bertz CT molecular complexity index is 1020. The molecule has 2 N–H and O–H groups in total. The van der Waals surface area contributed by atoms with Crippen LogP contribution in [0.15, 0.2) is 59.4 Å². The maximum absolute atomic E-state index is 12.6. The van der Waals surface area contributed by atoms with Crippen molar-refractivity contribution in [2.75, 3.05) is 18.4 Å². The highest BCUT2D eigenvalue weighted by Crippen LogP contribution is 2.20. The third kappa shape index (κ3) is 5.16. The van der Waals surface area contributed by atoms with Crippen LogP contribution in [-0.4, -0.2) is 28.0 Å². The van der Waals surface area contributed by atoms with Gasteiger partial charge in [-0.15, -0.1) is 0 Å². The maximum Gasteiger partial charge on any atom is 0.256 e. The van der Waals surface area contributed by atoms with Crippen molar-refractivity contribution in [3.05, 3.63) is 87.3 Å². The van der Waals surface area contributed by atoms with E-state index in [9.17, 15) is 4.79 Å². The second-order valence-electron chi connectivity index (χ2n) is 8.42. The molecule has 1 fully saturated rings. The lowest BCUT2D eigenvalue weighted by molar-refractivity contribution is 0.185. The van der Waals surface area contributed by atoms with E-state index in [4.69, 9.17) is 0 Å². The lowest BCUT2D eigenvalue weighted by Gasteiger charge is -2.30. The topological polar surface area (TPSA) is 61.0 Å². The molecule has 0 saturated carbocycles. The molecule has 0 unspecified atom stereocenters. The van der Waals surface area contributed by atoms with Crippen molar-refractivity contribution in [3.63, 3.8) is 0 Å². The predicted octanol–water partition coefficient (Wildman–Crippen LogP) is 4.64. The number of likely N-dealkylation sites (tertiary alicyclic amines) is 1. The molecule has 0 spiro atoms. The molecular weight excluding hydrogens is 372 g/mol. The summed E-state index contributed by atoms with van der Waals surface area (Å²) in [7, 11) is 0. The average molecular weight is 403 g/mol. The molecule has 5 heteroatoms. The van der Waals surface area contributed by atoms with E-state index >= 15 is 0 Å². The molecule has 1 aromatic heterocycles. The summed E-state index contributed by atoms with van der Waals surface area (Å²) < 4.78 is 0. The average Bonchev–Trinajstić information content (AvgIpc) is 2.75. The predicted molar refractivity (Wildman–Crippen MR) is 122 cm³/mol. The summed E-state index contributed by atoms with van der Waals surface area (Å²) in [6.45, 7) is 7.59. The largest absolute Gasteiger partial charge is 0.326 e. The summed E-state index contributed by atoms with van der Waals surface area (Å²) in [4.78, 5) is 22.6. The Balaban J connectivity index is 1.41. The van der Waals surface area contributed by atoms with Crippen molar-refractivity contribution < 1.29 is 0 Å². The van der Waals surface area contributed by atoms with Crippen molar-refractivity contribution in [1.82, 2.24) is 14.9 Å². The lowest BCUT2D eigenvalue weighted by Crippen LogP contribution is -2.32. The van der Waals surface area contributed by atoms with Gasteiger partial charge in [-0.2, -0.15) is 0 Å². The van der Waals surface area contributed by atoms with Crippen molar-refractivity contribution in [1.29, 1.82) is 0 Å². The maximum atomic E-state index is 12.6. The molecule has 0 radical (unpaired) electrons. The summed E-state index contributed by atoms with van der Waals surface area (Å²) in [5.74, 6) is 1.33. The fourth-order valence-corrected chi connectivity index (χ4v) is 3.99. The quantitative estimate of drug-likeness (QED) is 0.630. The van der Waals surface area contributed by atoms with E-state index in [2.05, 4.69) is 51.4 Å². The van der Waals surface area contributed by atoms with Gasteiger partial charge in [-0.1, -0.05) is 49.4 Å². The molecule has 2 aromatic carbocycles. The molecule has 30 heavy (non-hydrogen) atoms. The van der Waals surface area contributed by atoms with Gasteiger partial charge in [0.25, 0.3) is 5.56 Å². The first-order chi connectivity index (χ1) is 14.6. The van der Waals surface area contributed by atoms with Gasteiger partial charge in [0.2, 0.25) is 5.95 Å². The second-order valence-corrected chi connectivity index (χ2v) is 8.42. The highest BCUT2D eigenvalue weighted by atomic mass is 16.1. The lowest BCUT2D eigenvalue weighted by atomic mass is 9.99. The van der Waals surface area contributed by atoms with Gasteiger partial charge in [0.15, 0.2) is 0 Å². The molecule has 5 nitrogen and oxygen atoms in total. The van der Waals surface area contributed by atoms with Gasteiger partial charge >= 0.3 is 0 Å². The van der Waals surface area contributed by atoms with E-state index in [1.807, 2.05) is 37.3 Å². The van der Waals surface area contributed by atoms with Crippen LogP contribution >= 0.6 is 0 Å². The molecule has 1 saturated heterocycles. The number of piperidine rings is 1. The Morgan fingerprint density at radius 1 is 1.03 bits per heavy atom. The van der Waals surface area contributed by atoms with Crippen LogP contribution in [0.3, 0.4) is 0 Å². The zero-order valence-electron chi connectivity index (χ0n) is 17.8. The van der Waals surface area contributed by atoms with Gasteiger partial charge in [-0.3, -0.25) is 14.7 Å². The Labute approximate surface area is 178 Å². The van der Waals surface area contributed by atoms with E-state index < -0.39 is 0 Å². The van der Waals surface area contributed by atoms with Gasteiger partial charge < -0.3 is 5.32 Å². The van der Waals surface area contributed by atoms with Crippen molar-refractivity contribution in [3.8, 4) is 0 Å². The smallest absolute Gasteiger partial charge is 0.256 e. The van der Waals surface area contributed by atoms with Crippen LogP contribution < -0.4 is 10.9 Å². The van der Waals surface area contributed by atoms with Crippen LogP contribution in [0, 0.1) is 12.8 Å². The first-order valence-corrected chi connectivity index (χ1v) is 10.8. The Morgan fingerprint density at radius 2 is 1.73 bits per heavy atom. The first-order valence-electron chi connectivity index (χ1n) is 10.8. The molecule has 0 atom stereocenters. The number of hydrogen-bond donors (Lipinski definition) is 2. The highest BCUT2D eigenvalue weighted by molar-refractivity contribution is 5.54. The highest BCUT2D eigenvalue weighted by Gasteiger charge is 2.15. The van der Waals surface area contributed by atoms with Crippen molar-refractivity contribution >= 4 is 11.6 Å². The zero-order valence-corrected chi connectivity index (χ0v) is 17.8. The van der Waals surface area contributed by atoms with Crippen LogP contribution in [0.1, 0.15) is 42.1 Å². The molecule has 0 bridgehead atoms. The molecule has 1 aliphatic heterocycles. The van der Waals surface area contributed by atoms with Crippen LogP contribution in [0.2, 0.25) is 0 Å². The molecule has 0 aliphatic carbocycles. The zero-order chi connectivity index (χ0) is 20.9. The third-order valence-electron chi connectivity index (χ3n) is 5.95. The van der Waals surface area contributed by atoms with Gasteiger partial charge in [0.1, 0.15) is 0 Å². The fraction of sp³-hybridized carbons (Fsp3) is 0.360. The SMILES string of the molecule is Cc1nc(Nc2ccc(CN3CCC(C)CC3)cc2)[nH]c(=O)c1Cc1ccccc1. The van der Waals surface area contributed by atoms with Gasteiger partial charge in [0.05, 0.1) is 5.69 Å². The van der Waals surface area contributed by atoms with Crippen LogP contribution in [-0.2, 0) is 13.0 Å². The summed E-state index contributed by atoms with van der Waals surface area (Å²) in [6.07, 6.45) is 3.16. The summed E-state index contributed by atoms with van der Waals surface area (Å²) in [6, 6.07) is 18.4. The number of rotatable bonds is 6. The van der Waals surface area contributed by atoms with Crippen LogP contribution in [0.4, 0.5) is 11.6 Å². The summed E-state index contributed by atoms with van der Waals surface area (Å²) in [5.41, 5.74) is 4.70. The molecule has 2 heterocycles. The Hall–Kier alpha value is -2.92.